The van der Waals surface area contributed by atoms with Crippen molar-refractivity contribution < 1.29 is 4.74 Å². The lowest BCUT2D eigenvalue weighted by molar-refractivity contribution is 0.0358. The zero-order chi connectivity index (χ0) is 20.2. The summed E-state index contributed by atoms with van der Waals surface area (Å²) in [5, 5.41) is 4.03. The van der Waals surface area contributed by atoms with Crippen LogP contribution in [-0.2, 0) is 29.8 Å². The van der Waals surface area contributed by atoms with Gasteiger partial charge in [0.25, 0.3) is 0 Å². The van der Waals surface area contributed by atoms with Gasteiger partial charge in [-0.2, -0.15) is 0 Å². The summed E-state index contributed by atoms with van der Waals surface area (Å²) in [6, 6.07) is 30.4. The van der Waals surface area contributed by atoms with Crippen LogP contribution in [-0.4, -0.2) is 6.61 Å². The number of rotatable bonds is 7. The Hall–Kier alpha value is -2.42. The third-order valence-corrected chi connectivity index (χ3v) is 7.14. The monoisotopic (exact) mass is 397 g/mol. The third-order valence-electron chi connectivity index (χ3n) is 7.14. The van der Waals surface area contributed by atoms with Gasteiger partial charge in [0.1, 0.15) is 0 Å². The van der Waals surface area contributed by atoms with E-state index in [4.69, 9.17) is 4.74 Å². The second kappa shape index (κ2) is 8.75. The predicted octanol–water partition coefficient (Wildman–Crippen LogP) is 5.86. The highest BCUT2D eigenvalue weighted by molar-refractivity contribution is 5.41. The first-order chi connectivity index (χ1) is 14.8. The van der Waals surface area contributed by atoms with E-state index < -0.39 is 0 Å². The largest absolute Gasteiger partial charge is 0.376 e. The molecular weight excluding hydrogens is 366 g/mol. The topological polar surface area (TPSA) is 21.3 Å². The van der Waals surface area contributed by atoms with Crippen molar-refractivity contribution in [1.29, 1.82) is 0 Å². The fraction of sp³-hybridized carbons (Fsp3) is 0.357. The van der Waals surface area contributed by atoms with E-state index in [1.165, 1.54) is 47.9 Å². The molecule has 1 saturated carbocycles. The van der Waals surface area contributed by atoms with E-state index in [-0.39, 0.29) is 5.54 Å². The van der Waals surface area contributed by atoms with Crippen LogP contribution in [0.15, 0.2) is 84.9 Å². The highest BCUT2D eigenvalue weighted by atomic mass is 16.5. The molecule has 0 radical (unpaired) electrons. The van der Waals surface area contributed by atoms with Crippen LogP contribution in [0.2, 0.25) is 0 Å². The summed E-state index contributed by atoms with van der Waals surface area (Å²) in [7, 11) is 0. The van der Waals surface area contributed by atoms with Gasteiger partial charge in [-0.15, -0.1) is 0 Å². The Labute approximate surface area is 180 Å². The summed E-state index contributed by atoms with van der Waals surface area (Å²) in [6.45, 7) is 2.52. The minimum absolute atomic E-state index is 0.113. The molecule has 1 N–H and O–H groups in total. The van der Waals surface area contributed by atoms with Crippen LogP contribution in [0, 0.1) is 11.8 Å². The number of hydrogen-bond donors (Lipinski definition) is 1. The van der Waals surface area contributed by atoms with Crippen LogP contribution in [0.1, 0.15) is 41.5 Å². The van der Waals surface area contributed by atoms with Crippen molar-refractivity contribution in [2.24, 2.45) is 11.8 Å². The van der Waals surface area contributed by atoms with Gasteiger partial charge < -0.3 is 10.1 Å². The van der Waals surface area contributed by atoms with Crippen molar-refractivity contribution >= 4 is 0 Å². The first-order valence-corrected chi connectivity index (χ1v) is 11.3. The molecule has 0 saturated heterocycles. The molecule has 0 heterocycles. The van der Waals surface area contributed by atoms with Gasteiger partial charge >= 0.3 is 0 Å². The molecule has 0 bridgehead atoms. The van der Waals surface area contributed by atoms with Crippen molar-refractivity contribution in [3.8, 4) is 0 Å². The van der Waals surface area contributed by atoms with Gasteiger partial charge in [0.15, 0.2) is 0 Å². The van der Waals surface area contributed by atoms with Crippen molar-refractivity contribution in [2.45, 2.75) is 44.4 Å². The van der Waals surface area contributed by atoms with Crippen LogP contribution >= 0.6 is 0 Å². The second-order valence-electron chi connectivity index (χ2n) is 9.01. The Morgan fingerprint density at radius 3 is 2.33 bits per heavy atom. The first kappa shape index (κ1) is 19.5. The highest BCUT2D eigenvalue weighted by Gasteiger charge is 2.49. The summed E-state index contributed by atoms with van der Waals surface area (Å²) in [4.78, 5) is 0. The van der Waals surface area contributed by atoms with Gasteiger partial charge in [-0.3, -0.25) is 0 Å². The molecule has 2 nitrogen and oxygen atoms in total. The van der Waals surface area contributed by atoms with Gasteiger partial charge in [0, 0.05) is 18.7 Å². The molecule has 3 aromatic carbocycles. The Morgan fingerprint density at radius 1 is 0.833 bits per heavy atom. The standard InChI is InChI=1S/C28H31NO/c1-3-9-22(10-4-1)19-29-28-16-15-24(21-30-20-23-11-5-2-6-12-23)17-26(28)18-25-13-7-8-14-27(25)28/h1-14,24,26,29H,15-21H2. The van der Waals surface area contributed by atoms with E-state index in [9.17, 15) is 0 Å². The highest BCUT2D eigenvalue weighted by Crippen LogP contribution is 2.51. The predicted molar refractivity (Wildman–Crippen MR) is 122 cm³/mol. The maximum Gasteiger partial charge on any atom is 0.0717 e. The molecular formula is C28H31NO. The zero-order valence-electron chi connectivity index (χ0n) is 17.6. The molecule has 2 heteroatoms. The van der Waals surface area contributed by atoms with E-state index in [1.807, 2.05) is 0 Å². The minimum atomic E-state index is 0.113. The fourth-order valence-corrected chi connectivity index (χ4v) is 5.62. The van der Waals surface area contributed by atoms with Gasteiger partial charge in [-0.1, -0.05) is 84.9 Å². The Kier molecular flexibility index (Phi) is 5.70. The lowest BCUT2D eigenvalue weighted by Gasteiger charge is -2.44. The van der Waals surface area contributed by atoms with Crippen LogP contribution in [0.25, 0.3) is 0 Å². The van der Waals surface area contributed by atoms with Crippen molar-refractivity contribution in [2.75, 3.05) is 6.61 Å². The molecule has 0 aliphatic heterocycles. The molecule has 1 fully saturated rings. The lowest BCUT2D eigenvalue weighted by atomic mass is 9.69. The van der Waals surface area contributed by atoms with Crippen LogP contribution in [0.5, 0.6) is 0 Å². The Morgan fingerprint density at radius 2 is 1.53 bits per heavy atom. The van der Waals surface area contributed by atoms with Crippen molar-refractivity contribution in [3.05, 3.63) is 107 Å². The number of benzene rings is 3. The van der Waals surface area contributed by atoms with E-state index in [0.29, 0.717) is 11.8 Å². The summed E-state index contributed by atoms with van der Waals surface area (Å²) in [5.41, 5.74) is 5.81. The van der Waals surface area contributed by atoms with Crippen LogP contribution < -0.4 is 5.32 Å². The van der Waals surface area contributed by atoms with Crippen molar-refractivity contribution in [1.82, 2.24) is 5.32 Å². The molecule has 30 heavy (non-hydrogen) atoms. The van der Waals surface area contributed by atoms with E-state index >= 15 is 0 Å². The van der Waals surface area contributed by atoms with Crippen LogP contribution in [0.3, 0.4) is 0 Å². The summed E-state index contributed by atoms with van der Waals surface area (Å²) >= 11 is 0. The molecule has 0 amide bonds. The summed E-state index contributed by atoms with van der Waals surface area (Å²) in [6.07, 6.45) is 4.85. The zero-order valence-corrected chi connectivity index (χ0v) is 17.6. The Bertz CT molecular complexity index is 955. The molecule has 3 aromatic rings. The number of nitrogens with one attached hydrogen (secondary N) is 1. The molecule has 154 valence electrons. The van der Waals surface area contributed by atoms with Gasteiger partial charge in [-0.05, 0) is 59.8 Å². The van der Waals surface area contributed by atoms with Gasteiger partial charge in [0.05, 0.1) is 6.61 Å². The van der Waals surface area contributed by atoms with Crippen LogP contribution in [0.4, 0.5) is 0 Å². The maximum absolute atomic E-state index is 6.13. The molecule has 2 aliphatic carbocycles. The van der Waals surface area contributed by atoms with E-state index in [2.05, 4.69) is 90.2 Å². The fourth-order valence-electron chi connectivity index (χ4n) is 5.62. The number of hydrogen-bond acceptors (Lipinski definition) is 2. The first-order valence-electron chi connectivity index (χ1n) is 11.3. The normalized spacial score (nSPS) is 24.9. The average molecular weight is 398 g/mol. The Balaban J connectivity index is 1.27. The second-order valence-corrected chi connectivity index (χ2v) is 9.01. The lowest BCUT2D eigenvalue weighted by Crippen LogP contribution is -2.49. The van der Waals surface area contributed by atoms with E-state index in [1.54, 1.807) is 0 Å². The summed E-state index contributed by atoms with van der Waals surface area (Å²) in [5.74, 6) is 1.30. The van der Waals surface area contributed by atoms with E-state index in [0.717, 1.165) is 19.8 Å². The molecule has 2 aliphatic rings. The molecule has 0 aromatic heterocycles. The van der Waals surface area contributed by atoms with Crippen molar-refractivity contribution in [3.63, 3.8) is 0 Å². The smallest absolute Gasteiger partial charge is 0.0717 e. The SMILES string of the molecule is c1ccc(CNC23CCC(COCc4ccccc4)CC2Cc2ccccc23)cc1. The van der Waals surface area contributed by atoms with Gasteiger partial charge in [-0.25, -0.2) is 0 Å². The number of fused-ring (bicyclic) bond motifs is 3. The molecule has 0 spiro atoms. The third kappa shape index (κ3) is 3.95. The maximum atomic E-state index is 6.13. The molecule has 3 unspecified atom stereocenters. The minimum Gasteiger partial charge on any atom is -0.376 e. The average Bonchev–Trinajstić information content (AvgIpc) is 3.13. The van der Waals surface area contributed by atoms with Gasteiger partial charge in [0.2, 0.25) is 0 Å². The number of ether oxygens (including phenoxy) is 1. The quantitative estimate of drug-likeness (QED) is 0.539. The molecule has 5 rings (SSSR count). The summed E-state index contributed by atoms with van der Waals surface area (Å²) < 4.78 is 6.13. The molecule has 3 atom stereocenters.